The quantitative estimate of drug-likeness (QED) is 0.0326. The minimum Gasteiger partial charge on any atom is -0.497 e. The molecule has 5 aliphatic rings. The Labute approximate surface area is 874 Å². The zero-order valence-corrected chi connectivity index (χ0v) is 91.7. The Morgan fingerprint density at radius 2 is 0.597 bits per heavy atom. The first-order chi connectivity index (χ1) is 68.4. The van der Waals surface area contributed by atoms with Crippen LogP contribution in [0.5, 0.6) is 40.2 Å². The maximum atomic E-state index is 13.5. The molecule has 0 bridgehead atoms. The fourth-order valence-corrected chi connectivity index (χ4v) is 22.7. The lowest BCUT2D eigenvalue weighted by Gasteiger charge is -2.20. The topological polar surface area (TPSA) is 353 Å². The third-order valence-electron chi connectivity index (χ3n) is 23.2. The predicted molar refractivity (Wildman–Crippen MR) is 564 cm³/mol. The number of benzene rings is 10. The molecule has 0 spiro atoms. The van der Waals surface area contributed by atoms with Crippen molar-refractivity contribution in [3.8, 4) is 40.2 Å². The van der Waals surface area contributed by atoms with Crippen molar-refractivity contribution in [2.24, 2.45) is 5.92 Å². The molecule has 0 N–H and O–H groups in total. The lowest BCUT2D eigenvalue weighted by Crippen LogP contribution is -2.34. The molecule has 15 rings (SSSR count). The van der Waals surface area contributed by atoms with Gasteiger partial charge in [0, 0.05) is 154 Å². The molecule has 774 valence electrons. The maximum Gasteiger partial charge on any atom is 0.339 e. The van der Waals surface area contributed by atoms with Gasteiger partial charge in [-0.1, -0.05) is 102 Å². The summed E-state index contributed by atoms with van der Waals surface area (Å²) in [6.45, 7) is 29.7. The van der Waals surface area contributed by atoms with E-state index in [1.54, 1.807) is 134 Å². The number of ether oxygens (including phenoxy) is 2. The summed E-state index contributed by atoms with van der Waals surface area (Å²) in [6, 6.07) is 52.1. The third-order valence-corrected chi connectivity index (χ3v) is 31.4. The molecule has 10 amide bonds. The number of carbonyl (C=O) groups excluding carboxylic acids is 5. The van der Waals surface area contributed by atoms with Gasteiger partial charge in [0.15, 0.2) is 0 Å². The average molecular weight is 2290 g/mol. The van der Waals surface area contributed by atoms with Gasteiger partial charge in [-0.05, 0) is 301 Å². The van der Waals surface area contributed by atoms with Crippen LogP contribution in [0.2, 0.25) is 5.02 Å². The van der Waals surface area contributed by atoms with Gasteiger partial charge >= 0.3 is 80.7 Å². The zero-order valence-electron chi connectivity index (χ0n) is 82.1. The number of nitrogens with zero attached hydrogens (tertiary/aromatic N) is 10. The van der Waals surface area contributed by atoms with Crippen LogP contribution in [0.4, 0.5) is 56.8 Å². The summed E-state index contributed by atoms with van der Waals surface area (Å²) < 4.78 is 178. The number of aryl methyl sites for hydroxylation is 4. The Bertz CT molecular complexity index is 6320. The van der Waals surface area contributed by atoms with Gasteiger partial charge in [-0.3, -0.25) is 24.5 Å². The number of anilines is 5. The van der Waals surface area contributed by atoms with Crippen LogP contribution in [0.3, 0.4) is 0 Å². The first kappa shape index (κ1) is 113. The van der Waals surface area contributed by atoms with Crippen molar-refractivity contribution >= 4 is 169 Å². The summed E-state index contributed by atoms with van der Waals surface area (Å²) >= 11 is 15.9. The second-order valence-corrected chi connectivity index (χ2v) is 45.5. The first-order valence-corrected chi connectivity index (χ1v) is 56.8. The van der Waals surface area contributed by atoms with E-state index in [1.165, 1.54) is 111 Å². The highest BCUT2D eigenvalue weighted by Gasteiger charge is 2.36. The largest absolute Gasteiger partial charge is 0.497 e. The molecule has 144 heavy (non-hydrogen) atoms. The predicted octanol–water partition coefficient (Wildman–Crippen LogP) is 21.9. The van der Waals surface area contributed by atoms with Crippen LogP contribution in [0.25, 0.3) is 0 Å². The number of rotatable bonds is 37. The van der Waals surface area contributed by atoms with Gasteiger partial charge in [0.25, 0.3) is 0 Å². The molecule has 0 atom stereocenters. The fourth-order valence-electron chi connectivity index (χ4n) is 15.8. The lowest BCUT2D eigenvalue weighted by atomic mass is 10.1. The molecule has 0 saturated carbocycles. The highest BCUT2D eigenvalue weighted by atomic mass is 79.9. The van der Waals surface area contributed by atoms with E-state index in [4.69, 9.17) is 42.0 Å². The summed E-state index contributed by atoms with van der Waals surface area (Å²) in [5, 5.41) is 0.403. The Morgan fingerprint density at radius 3 is 0.875 bits per heavy atom. The van der Waals surface area contributed by atoms with Crippen LogP contribution in [-0.4, -0.2) is 209 Å². The number of amides is 10. The van der Waals surface area contributed by atoms with E-state index in [2.05, 4.69) is 89.3 Å². The molecule has 10 aromatic rings. The van der Waals surface area contributed by atoms with Crippen LogP contribution in [0, 0.1) is 32.5 Å². The molecule has 5 heterocycles. The summed E-state index contributed by atoms with van der Waals surface area (Å²) in [5.74, 6) is 1.56. The molecule has 0 unspecified atom stereocenters. The van der Waals surface area contributed by atoms with E-state index in [-0.39, 0.29) is 83.4 Å². The van der Waals surface area contributed by atoms with Crippen LogP contribution in [0.15, 0.2) is 244 Å². The summed E-state index contributed by atoms with van der Waals surface area (Å²) in [4.78, 5) is 80.0. The number of hydrogen-bond acceptors (Lipinski definition) is 22. The average Bonchev–Trinajstić information content (AvgIpc) is 1.77. The molecule has 32 nitrogen and oxygen atoms in total. The number of carbonyl (C=O) groups is 5. The van der Waals surface area contributed by atoms with E-state index in [1.807, 2.05) is 45.6 Å². The Morgan fingerprint density at radius 1 is 0.326 bits per heavy atom. The van der Waals surface area contributed by atoms with Gasteiger partial charge < -0.3 is 54.9 Å². The van der Waals surface area contributed by atoms with Crippen molar-refractivity contribution in [1.82, 2.24) is 24.5 Å². The Hall–Kier alpha value is -11.4. The molecule has 0 radical (unpaired) electrons. The molecular formula is C102H119Br3ClFN10O22S5. The maximum absolute atomic E-state index is 13.5. The van der Waals surface area contributed by atoms with Crippen molar-refractivity contribution < 1.29 is 101 Å². The van der Waals surface area contributed by atoms with E-state index < -0.39 is 56.4 Å². The van der Waals surface area contributed by atoms with E-state index in [9.17, 15) is 70.5 Å². The van der Waals surface area contributed by atoms with Crippen molar-refractivity contribution in [2.75, 3.05) is 137 Å². The Kier molecular flexibility index (Phi) is 40.0. The monoisotopic (exact) mass is 2290 g/mol. The highest BCUT2D eigenvalue weighted by Crippen LogP contribution is 2.40. The van der Waals surface area contributed by atoms with Gasteiger partial charge in [0.05, 0.1) is 23.2 Å². The highest BCUT2D eigenvalue weighted by molar-refractivity contribution is 9.11. The summed E-state index contributed by atoms with van der Waals surface area (Å²) in [6.07, 6.45) is 8.69. The first-order valence-electron chi connectivity index (χ1n) is 47.0. The number of unbranched alkanes of at least 4 members (excludes halogenated alkanes) is 4. The normalized spacial score (nSPS) is 14.5. The minimum atomic E-state index is -4.10. The molecule has 5 fully saturated rings. The van der Waals surface area contributed by atoms with Gasteiger partial charge in [-0.2, -0.15) is 42.1 Å². The van der Waals surface area contributed by atoms with Crippen LogP contribution in [0.1, 0.15) is 122 Å². The number of halogens is 5. The number of methoxy groups -OCH3 is 2. The van der Waals surface area contributed by atoms with Crippen molar-refractivity contribution in [3.63, 3.8) is 0 Å². The zero-order chi connectivity index (χ0) is 105. The van der Waals surface area contributed by atoms with Gasteiger partial charge in [-0.15, -0.1) is 0 Å². The minimum absolute atomic E-state index is 0.00352. The Balaban J connectivity index is 0.000000172. The van der Waals surface area contributed by atoms with Crippen molar-refractivity contribution in [3.05, 3.63) is 253 Å². The van der Waals surface area contributed by atoms with Crippen LogP contribution < -0.4 is 54.9 Å². The number of urea groups is 5. The second kappa shape index (κ2) is 51.1. The molecule has 0 aliphatic carbocycles. The van der Waals surface area contributed by atoms with Crippen molar-refractivity contribution in [1.29, 1.82) is 0 Å². The summed E-state index contributed by atoms with van der Waals surface area (Å²) in [7, 11) is -17.1. The molecule has 42 heteroatoms. The molecule has 5 saturated heterocycles. The van der Waals surface area contributed by atoms with E-state index in [0.29, 0.717) is 137 Å². The van der Waals surface area contributed by atoms with Gasteiger partial charge in [0.2, 0.25) is 0 Å². The SMILES string of the molecule is CCCCN1CCN(c2ccc(S(=O)(=O)Oc3cc(Br)c(OC)c(Br)c3)cc2)C1=O.CCCCN1CCN(c2ccc(S(=O)(=O)Oc3cc(C)cc(Br)c3)cc2)C1=O.CCCCN1CCN(c2ccc(S(=O)(=O)Oc3cc(C)cc(Cl)c3)cc2)C1=O.CCCCN1CCN(c2ccc(S(=O)(=O)Oc3cc(C)cc(F)c3)cc2)C1=O.CCc1cc(OC)cc(OS(=O)(=O)c2ccc(N3CCN(CC(C)C)C3=O)cc2)c1. The van der Waals surface area contributed by atoms with Crippen LogP contribution >= 0.6 is 59.4 Å². The molecule has 10 aromatic carbocycles. The second-order valence-electron chi connectivity index (χ2n) is 34.7. The number of hydrogen-bond donors (Lipinski definition) is 0. The third kappa shape index (κ3) is 30.4. The smallest absolute Gasteiger partial charge is 0.339 e. The fraction of sp³-hybridized carbons (Fsp3) is 0.363. The van der Waals surface area contributed by atoms with Crippen molar-refractivity contribution in [2.45, 2.75) is 152 Å². The van der Waals surface area contributed by atoms with Crippen LogP contribution in [-0.2, 0) is 57.0 Å². The molecule has 5 aliphatic heterocycles. The van der Waals surface area contributed by atoms with E-state index >= 15 is 0 Å². The van der Waals surface area contributed by atoms with E-state index in [0.717, 1.165) is 111 Å². The standard InChI is InChI=1S/C22H28N2O5S.C20H22Br2N2O5S.C20H23BrN2O4S.C20H23ClN2O4S.C20H23FN2O4S/c1-5-17-12-19(28-4)14-20(13-17)29-30(26,27)21-8-6-18(7-9-21)24-11-10-23(22(24)25)15-16(2)3;1-3-4-9-23-10-11-24(20(23)25)14-5-7-16(8-6-14)30(26,27)29-15-12-17(21)19(28-2)18(22)13-15;3*1-3-4-9-22-10-11-23(20(22)24)17-5-7-19(8-6-17)28(25,26)27-18-13-15(2)12-16(21)14-18/h6-9,12-14,16H,5,10-11,15H2,1-4H3;5-8,12-13H,3-4,9-11H2,1-2H3;3*5-8,12-14H,3-4,9-11H2,1-2H3. The molecular weight excluding hydrogens is 2170 g/mol. The van der Waals surface area contributed by atoms with Gasteiger partial charge in [0.1, 0.15) is 70.5 Å². The lowest BCUT2D eigenvalue weighted by molar-refractivity contribution is 0.214. The molecule has 0 aromatic heterocycles. The van der Waals surface area contributed by atoms with Gasteiger partial charge in [-0.25, -0.2) is 28.4 Å². The summed E-state index contributed by atoms with van der Waals surface area (Å²) in [5.41, 5.74) is 6.46.